The van der Waals surface area contributed by atoms with Gasteiger partial charge >= 0.3 is 0 Å². The monoisotopic (exact) mass is 303 g/mol. The predicted octanol–water partition coefficient (Wildman–Crippen LogP) is -0.579. The fourth-order valence-electron chi connectivity index (χ4n) is 2.77. The van der Waals surface area contributed by atoms with Crippen molar-refractivity contribution >= 4 is 22.8 Å². The van der Waals surface area contributed by atoms with Crippen LogP contribution in [0.25, 0.3) is 11.0 Å². The van der Waals surface area contributed by atoms with Crippen molar-refractivity contribution in [2.24, 2.45) is 12.8 Å². The van der Waals surface area contributed by atoms with Crippen LogP contribution in [-0.2, 0) is 11.8 Å². The van der Waals surface area contributed by atoms with Crippen molar-refractivity contribution < 1.29 is 14.7 Å². The summed E-state index contributed by atoms with van der Waals surface area (Å²) in [5, 5.41) is 18.1. The Balaban J connectivity index is 1.87. The summed E-state index contributed by atoms with van der Waals surface area (Å²) in [4.78, 5) is 25.4. The normalized spacial score (nSPS) is 22.0. The van der Waals surface area contributed by atoms with Crippen LogP contribution in [0.1, 0.15) is 23.2 Å². The van der Waals surface area contributed by atoms with Gasteiger partial charge in [-0.1, -0.05) is 5.21 Å². The number of rotatable bonds is 2. The summed E-state index contributed by atoms with van der Waals surface area (Å²) in [7, 11) is 1.77. The number of nitrogens with zero attached hydrogens (tertiary/aromatic N) is 4. The van der Waals surface area contributed by atoms with Crippen LogP contribution < -0.4 is 5.73 Å². The molecule has 1 atom stereocenters. The number of carbonyl (C=O) groups is 2. The number of likely N-dealkylation sites (tertiary alicyclic amines) is 1. The van der Waals surface area contributed by atoms with Gasteiger partial charge in [-0.2, -0.15) is 0 Å². The van der Waals surface area contributed by atoms with Crippen molar-refractivity contribution in [1.29, 1.82) is 0 Å². The molecule has 2 aromatic rings. The number of benzene rings is 1. The molecule has 0 spiro atoms. The Hall–Kier alpha value is -2.48. The van der Waals surface area contributed by atoms with Gasteiger partial charge in [0, 0.05) is 19.2 Å². The van der Waals surface area contributed by atoms with Gasteiger partial charge in [0.05, 0.1) is 12.1 Å². The molecule has 3 rings (SSSR count). The molecule has 2 amide bonds. The number of aryl methyl sites for hydroxylation is 1. The quantitative estimate of drug-likeness (QED) is 0.770. The molecule has 3 N–H and O–H groups in total. The Morgan fingerprint density at radius 2 is 2.18 bits per heavy atom. The van der Waals surface area contributed by atoms with E-state index in [0.29, 0.717) is 24.0 Å². The Morgan fingerprint density at radius 3 is 2.91 bits per heavy atom. The Bertz CT molecular complexity index is 756. The van der Waals surface area contributed by atoms with Gasteiger partial charge < -0.3 is 15.7 Å². The number of piperidine rings is 1. The standard InChI is InChI=1S/C14H17N5O3/c1-18-11-4-3-9(7-10(11)16-17-18)12(20)19-6-2-5-14(22,8-19)13(15)21/h3-4,7,22H,2,5-6,8H2,1H3,(H2,15,21). The molecule has 8 heteroatoms. The molecule has 0 radical (unpaired) electrons. The number of carbonyl (C=O) groups excluding carboxylic acids is 2. The highest BCUT2D eigenvalue weighted by atomic mass is 16.3. The van der Waals surface area contributed by atoms with E-state index in [2.05, 4.69) is 10.3 Å². The number of primary amides is 1. The molecule has 1 aliphatic rings. The van der Waals surface area contributed by atoms with E-state index in [4.69, 9.17) is 5.73 Å². The van der Waals surface area contributed by atoms with Crippen molar-refractivity contribution in [3.05, 3.63) is 23.8 Å². The highest BCUT2D eigenvalue weighted by Gasteiger charge is 2.40. The topological polar surface area (TPSA) is 114 Å². The minimum absolute atomic E-state index is 0.0837. The van der Waals surface area contributed by atoms with Crippen LogP contribution in [0.15, 0.2) is 18.2 Å². The van der Waals surface area contributed by atoms with Gasteiger partial charge in [-0.25, -0.2) is 4.68 Å². The van der Waals surface area contributed by atoms with E-state index in [-0.39, 0.29) is 18.9 Å². The molecule has 22 heavy (non-hydrogen) atoms. The molecule has 1 aliphatic heterocycles. The third kappa shape index (κ3) is 2.31. The first-order chi connectivity index (χ1) is 10.4. The molecule has 2 heterocycles. The minimum Gasteiger partial charge on any atom is -0.378 e. The second kappa shape index (κ2) is 5.06. The number of aromatic nitrogens is 3. The van der Waals surface area contributed by atoms with Crippen molar-refractivity contribution in [3.63, 3.8) is 0 Å². The van der Waals surface area contributed by atoms with E-state index in [1.807, 2.05) is 0 Å². The van der Waals surface area contributed by atoms with E-state index in [9.17, 15) is 14.7 Å². The van der Waals surface area contributed by atoms with Crippen LogP contribution in [0.5, 0.6) is 0 Å². The maximum absolute atomic E-state index is 12.6. The molecule has 116 valence electrons. The lowest BCUT2D eigenvalue weighted by atomic mass is 9.92. The summed E-state index contributed by atoms with van der Waals surface area (Å²) in [6.07, 6.45) is 0.799. The van der Waals surface area contributed by atoms with Gasteiger partial charge in [-0.15, -0.1) is 5.10 Å². The lowest BCUT2D eigenvalue weighted by Crippen LogP contribution is -2.57. The van der Waals surface area contributed by atoms with E-state index < -0.39 is 11.5 Å². The lowest BCUT2D eigenvalue weighted by molar-refractivity contribution is -0.140. The first-order valence-electron chi connectivity index (χ1n) is 7.02. The number of nitrogens with two attached hydrogens (primary N) is 1. The van der Waals surface area contributed by atoms with E-state index in [1.165, 1.54) is 4.90 Å². The molecule has 8 nitrogen and oxygen atoms in total. The number of aliphatic hydroxyl groups is 1. The number of hydrogen-bond acceptors (Lipinski definition) is 5. The van der Waals surface area contributed by atoms with Crippen molar-refractivity contribution in [2.75, 3.05) is 13.1 Å². The smallest absolute Gasteiger partial charge is 0.254 e. The zero-order valence-electron chi connectivity index (χ0n) is 12.2. The van der Waals surface area contributed by atoms with Crippen LogP contribution in [0.4, 0.5) is 0 Å². The van der Waals surface area contributed by atoms with Gasteiger partial charge in [0.25, 0.3) is 11.8 Å². The molecule has 0 bridgehead atoms. The van der Waals surface area contributed by atoms with Crippen LogP contribution in [0.2, 0.25) is 0 Å². The average Bonchev–Trinajstić information content (AvgIpc) is 2.87. The first kappa shape index (κ1) is 14.5. The highest BCUT2D eigenvalue weighted by Crippen LogP contribution is 2.23. The lowest BCUT2D eigenvalue weighted by Gasteiger charge is -2.37. The SMILES string of the molecule is Cn1nnc2cc(C(=O)N3CCCC(O)(C(N)=O)C3)ccc21. The summed E-state index contributed by atoms with van der Waals surface area (Å²) in [6, 6.07) is 5.11. The minimum atomic E-state index is -1.65. The van der Waals surface area contributed by atoms with Crippen molar-refractivity contribution in [1.82, 2.24) is 19.9 Å². The summed E-state index contributed by atoms with van der Waals surface area (Å²) >= 11 is 0. The molecule has 1 aromatic carbocycles. The zero-order chi connectivity index (χ0) is 15.9. The third-order valence-corrected chi connectivity index (χ3v) is 4.07. The molecule has 1 aromatic heterocycles. The third-order valence-electron chi connectivity index (χ3n) is 4.07. The molecular formula is C14H17N5O3. The fourth-order valence-corrected chi connectivity index (χ4v) is 2.77. The summed E-state index contributed by atoms with van der Waals surface area (Å²) in [6.45, 7) is 0.395. The average molecular weight is 303 g/mol. The van der Waals surface area contributed by atoms with E-state index >= 15 is 0 Å². The largest absolute Gasteiger partial charge is 0.378 e. The number of β-amino-alcohol motifs (C(OH)–C–C–N with tert-alkyl or cyclic N) is 1. The summed E-state index contributed by atoms with van der Waals surface area (Å²) in [5.41, 5.74) is 5.47. The Labute approximate surface area is 126 Å². The highest BCUT2D eigenvalue weighted by molar-refractivity contribution is 5.98. The van der Waals surface area contributed by atoms with Crippen LogP contribution in [0, 0.1) is 0 Å². The van der Waals surface area contributed by atoms with Crippen molar-refractivity contribution in [2.45, 2.75) is 18.4 Å². The summed E-state index contributed by atoms with van der Waals surface area (Å²) in [5.74, 6) is -1.05. The zero-order valence-corrected chi connectivity index (χ0v) is 12.2. The Kier molecular flexibility index (Phi) is 3.32. The molecule has 1 saturated heterocycles. The second-order valence-corrected chi connectivity index (χ2v) is 5.64. The Morgan fingerprint density at radius 1 is 1.41 bits per heavy atom. The molecule has 0 aliphatic carbocycles. The van der Waals surface area contributed by atoms with Gasteiger partial charge in [0.2, 0.25) is 0 Å². The number of amides is 2. The van der Waals surface area contributed by atoms with Gasteiger partial charge in [0.15, 0.2) is 5.60 Å². The molecule has 0 saturated carbocycles. The van der Waals surface area contributed by atoms with E-state index in [1.54, 1.807) is 29.9 Å². The summed E-state index contributed by atoms with van der Waals surface area (Å²) < 4.78 is 1.62. The maximum atomic E-state index is 12.6. The first-order valence-corrected chi connectivity index (χ1v) is 7.02. The molecule has 1 unspecified atom stereocenters. The number of fused-ring (bicyclic) bond motifs is 1. The molecular weight excluding hydrogens is 286 g/mol. The maximum Gasteiger partial charge on any atom is 0.254 e. The second-order valence-electron chi connectivity index (χ2n) is 5.64. The van der Waals surface area contributed by atoms with Crippen molar-refractivity contribution in [3.8, 4) is 0 Å². The van der Waals surface area contributed by atoms with Crippen LogP contribution in [0.3, 0.4) is 0 Å². The number of hydrogen-bond donors (Lipinski definition) is 2. The van der Waals surface area contributed by atoms with Crippen LogP contribution >= 0.6 is 0 Å². The van der Waals surface area contributed by atoms with E-state index in [0.717, 1.165) is 5.52 Å². The van der Waals surface area contributed by atoms with Gasteiger partial charge in [-0.05, 0) is 31.0 Å². The van der Waals surface area contributed by atoms with Gasteiger partial charge in [0.1, 0.15) is 5.52 Å². The molecule has 1 fully saturated rings. The predicted molar refractivity (Wildman–Crippen MR) is 77.8 cm³/mol. The van der Waals surface area contributed by atoms with Crippen LogP contribution in [-0.4, -0.2) is 55.5 Å². The fraction of sp³-hybridized carbons (Fsp3) is 0.429. The van der Waals surface area contributed by atoms with Gasteiger partial charge in [-0.3, -0.25) is 9.59 Å².